The summed E-state index contributed by atoms with van der Waals surface area (Å²) in [5, 5.41) is 20.5. The molecule has 2 unspecified atom stereocenters. The van der Waals surface area contributed by atoms with Gasteiger partial charge in [0.05, 0.1) is 29.8 Å². The lowest BCUT2D eigenvalue weighted by Gasteiger charge is -2.46. The summed E-state index contributed by atoms with van der Waals surface area (Å²) in [5.74, 6) is -2.82. The number of nitrogens with zero attached hydrogens (tertiary/aromatic N) is 4. The maximum absolute atomic E-state index is 15.1. The van der Waals surface area contributed by atoms with Gasteiger partial charge in [-0.25, -0.2) is 13.8 Å². The number of hydrogen-bond acceptors (Lipinski definition) is 6. The van der Waals surface area contributed by atoms with Crippen LogP contribution >= 0.6 is 0 Å². The number of para-hydroxylation sites is 1. The van der Waals surface area contributed by atoms with Crippen molar-refractivity contribution >= 4 is 29.0 Å². The van der Waals surface area contributed by atoms with Gasteiger partial charge < -0.3 is 24.9 Å². The average Bonchev–Trinajstić information content (AvgIpc) is 3.25. The number of aromatic hydroxyl groups is 1. The van der Waals surface area contributed by atoms with Crippen LogP contribution in [-0.2, 0) is 17.4 Å². The van der Waals surface area contributed by atoms with Crippen LogP contribution in [0.15, 0.2) is 59.6 Å². The highest BCUT2D eigenvalue weighted by atomic mass is 19.4. The molecule has 3 heterocycles. The Morgan fingerprint density at radius 1 is 1.02 bits per heavy atom. The molecule has 3 aliphatic heterocycles. The van der Waals surface area contributed by atoms with Crippen molar-refractivity contribution in [2.24, 2.45) is 4.99 Å². The van der Waals surface area contributed by atoms with Crippen LogP contribution < -0.4 is 9.80 Å². The van der Waals surface area contributed by atoms with Crippen molar-refractivity contribution in [2.45, 2.75) is 31.1 Å². The molecule has 7 nitrogen and oxygen atoms in total. The van der Waals surface area contributed by atoms with Gasteiger partial charge in [0.25, 0.3) is 0 Å². The van der Waals surface area contributed by atoms with Crippen molar-refractivity contribution in [3.63, 3.8) is 0 Å². The van der Waals surface area contributed by atoms with E-state index in [2.05, 4.69) is 9.89 Å². The van der Waals surface area contributed by atoms with Crippen LogP contribution in [0, 0.1) is 11.6 Å². The van der Waals surface area contributed by atoms with Crippen LogP contribution in [0.5, 0.6) is 5.75 Å². The Morgan fingerprint density at radius 3 is 2.58 bits per heavy atom. The predicted molar refractivity (Wildman–Crippen MR) is 137 cm³/mol. The zero-order valence-corrected chi connectivity index (χ0v) is 20.9. The third kappa shape index (κ3) is 4.37. The highest BCUT2D eigenvalue weighted by molar-refractivity contribution is 6.02. The summed E-state index contributed by atoms with van der Waals surface area (Å²) in [6.45, 7) is 1.07. The first-order valence-electron chi connectivity index (χ1n) is 12.6. The topological polar surface area (TPSA) is 79.6 Å². The van der Waals surface area contributed by atoms with E-state index < -0.39 is 41.7 Å². The summed E-state index contributed by atoms with van der Waals surface area (Å²) in [4.78, 5) is 21.6. The number of carboxylic acid groups (broad SMARTS) is 1. The minimum atomic E-state index is -4.74. The number of carbonyl (C=O) groups is 1. The number of guanidine groups is 1. The standard InChI is InChI=1S/C28H23F5N4O3/c29-17-5-6-21-15(10-17)11-18-14-35(8-9-36(18)21)27-34-26-19(2-1-3-20(26)30)22(13-25(39)40)37(27)23-12-16(28(31,32)33)4-7-24(23)38/h1-7,10,12,18,22,38H,8-9,11,13-14H2,(H,39,40). The molecule has 0 bridgehead atoms. The highest BCUT2D eigenvalue weighted by Crippen LogP contribution is 2.46. The van der Waals surface area contributed by atoms with Gasteiger partial charge in [-0.1, -0.05) is 12.1 Å². The van der Waals surface area contributed by atoms with E-state index >= 15 is 4.39 Å². The maximum Gasteiger partial charge on any atom is 0.416 e. The second-order valence-corrected chi connectivity index (χ2v) is 10.0. The molecular weight excluding hydrogens is 535 g/mol. The molecule has 40 heavy (non-hydrogen) atoms. The van der Waals surface area contributed by atoms with Crippen LogP contribution in [-0.4, -0.2) is 52.7 Å². The van der Waals surface area contributed by atoms with Crippen molar-refractivity contribution in [1.82, 2.24) is 4.90 Å². The van der Waals surface area contributed by atoms with Gasteiger partial charge in [-0.15, -0.1) is 0 Å². The van der Waals surface area contributed by atoms with Gasteiger partial charge in [0.1, 0.15) is 23.1 Å². The number of hydrogen-bond donors (Lipinski definition) is 2. The van der Waals surface area contributed by atoms with Gasteiger partial charge in [0.2, 0.25) is 5.96 Å². The van der Waals surface area contributed by atoms with E-state index in [9.17, 15) is 32.6 Å². The van der Waals surface area contributed by atoms with Gasteiger partial charge >= 0.3 is 12.1 Å². The largest absolute Gasteiger partial charge is 0.506 e. The minimum Gasteiger partial charge on any atom is -0.506 e. The van der Waals surface area contributed by atoms with Crippen LogP contribution in [0.4, 0.5) is 39.0 Å². The fourth-order valence-electron chi connectivity index (χ4n) is 5.89. The van der Waals surface area contributed by atoms with E-state index in [1.54, 1.807) is 11.0 Å². The Kier molecular flexibility index (Phi) is 6.08. The number of alkyl halides is 3. The third-order valence-corrected chi connectivity index (χ3v) is 7.62. The Hall–Kier alpha value is -4.35. The second kappa shape index (κ2) is 9.39. The number of benzene rings is 3. The molecule has 0 aromatic heterocycles. The molecule has 208 valence electrons. The first kappa shape index (κ1) is 25.9. The van der Waals surface area contributed by atoms with Crippen LogP contribution in [0.1, 0.15) is 29.2 Å². The molecule has 6 rings (SSSR count). The van der Waals surface area contributed by atoms with Crippen LogP contribution in [0.3, 0.4) is 0 Å². The van der Waals surface area contributed by atoms with E-state index in [-0.39, 0.29) is 34.8 Å². The lowest BCUT2D eigenvalue weighted by molar-refractivity contribution is -0.138. The monoisotopic (exact) mass is 558 g/mol. The SMILES string of the molecule is O=C(O)CC1c2cccc(F)c2N=C(N2CCN3c4ccc(F)cc4CC3C2)N1c1cc(C(F)(F)F)ccc1O. The lowest BCUT2D eigenvalue weighted by atomic mass is 9.96. The Balaban J connectivity index is 1.47. The molecule has 1 fully saturated rings. The molecular formula is C28H23F5N4O3. The molecule has 0 spiro atoms. The number of phenolic OH excluding ortho intramolecular Hbond substituents is 1. The molecule has 3 aliphatic rings. The summed E-state index contributed by atoms with van der Waals surface area (Å²) >= 11 is 0. The fraction of sp³-hybridized carbons (Fsp3) is 0.286. The maximum atomic E-state index is 15.1. The smallest absolute Gasteiger partial charge is 0.416 e. The van der Waals surface area contributed by atoms with Gasteiger partial charge in [0, 0.05) is 30.9 Å². The fourth-order valence-corrected chi connectivity index (χ4v) is 5.89. The number of rotatable bonds is 3. The quantitative estimate of drug-likeness (QED) is 0.416. The number of anilines is 2. The normalized spacial score (nSPS) is 20.1. The van der Waals surface area contributed by atoms with Crippen molar-refractivity contribution in [2.75, 3.05) is 29.4 Å². The summed E-state index contributed by atoms with van der Waals surface area (Å²) in [6.07, 6.45) is -4.83. The van der Waals surface area contributed by atoms with Crippen molar-refractivity contribution in [3.05, 3.63) is 82.9 Å². The van der Waals surface area contributed by atoms with Gasteiger partial charge in [0.15, 0.2) is 0 Å². The van der Waals surface area contributed by atoms with E-state index in [0.29, 0.717) is 26.1 Å². The number of halogens is 5. The number of phenols is 1. The molecule has 0 amide bonds. The Labute approximate surface area is 225 Å². The summed E-state index contributed by atoms with van der Waals surface area (Å²) in [5.41, 5.74) is 0.441. The van der Waals surface area contributed by atoms with Gasteiger partial charge in [-0.3, -0.25) is 4.79 Å². The molecule has 2 N–H and O–H groups in total. The second-order valence-electron chi connectivity index (χ2n) is 10.0. The van der Waals surface area contributed by atoms with E-state index in [4.69, 9.17) is 0 Å². The van der Waals surface area contributed by atoms with Crippen molar-refractivity contribution in [3.8, 4) is 5.75 Å². The Morgan fingerprint density at radius 2 is 1.82 bits per heavy atom. The molecule has 3 aromatic rings. The number of carboxylic acids is 1. The first-order valence-corrected chi connectivity index (χ1v) is 12.6. The summed E-state index contributed by atoms with van der Waals surface area (Å²) in [7, 11) is 0. The predicted octanol–water partition coefficient (Wildman–Crippen LogP) is 5.46. The molecule has 0 saturated carbocycles. The summed E-state index contributed by atoms with van der Waals surface area (Å²) < 4.78 is 70.1. The number of fused-ring (bicyclic) bond motifs is 4. The zero-order valence-electron chi connectivity index (χ0n) is 20.9. The van der Waals surface area contributed by atoms with E-state index in [0.717, 1.165) is 29.4 Å². The van der Waals surface area contributed by atoms with Crippen molar-refractivity contribution < 1.29 is 37.0 Å². The van der Waals surface area contributed by atoms with Crippen LogP contribution in [0.2, 0.25) is 0 Å². The molecule has 1 saturated heterocycles. The van der Waals surface area contributed by atoms with Crippen LogP contribution in [0.25, 0.3) is 0 Å². The van der Waals surface area contributed by atoms with E-state index in [1.165, 1.54) is 35.2 Å². The third-order valence-electron chi connectivity index (χ3n) is 7.62. The Bertz CT molecular complexity index is 1540. The van der Waals surface area contributed by atoms with Gasteiger partial charge in [-0.2, -0.15) is 13.2 Å². The molecule has 3 aromatic carbocycles. The summed E-state index contributed by atoms with van der Waals surface area (Å²) in [6, 6.07) is 9.66. The van der Waals surface area contributed by atoms with Gasteiger partial charge in [-0.05, 0) is 54.4 Å². The first-order chi connectivity index (χ1) is 19.0. The molecule has 12 heteroatoms. The highest BCUT2D eigenvalue weighted by Gasteiger charge is 2.42. The lowest BCUT2D eigenvalue weighted by Crippen LogP contribution is -2.58. The molecule has 0 radical (unpaired) electrons. The zero-order chi connectivity index (χ0) is 28.3. The van der Waals surface area contributed by atoms with Crippen molar-refractivity contribution in [1.29, 1.82) is 0 Å². The number of aliphatic carboxylic acids is 1. The molecule has 2 atom stereocenters. The van der Waals surface area contributed by atoms with E-state index in [1.807, 2.05) is 0 Å². The number of piperazine rings is 1. The minimum absolute atomic E-state index is 0.0280. The number of aliphatic imine (C=N–C) groups is 1. The average molecular weight is 559 g/mol. The molecule has 0 aliphatic carbocycles.